The fraction of sp³-hybridized carbons (Fsp3) is 0.188. The summed E-state index contributed by atoms with van der Waals surface area (Å²) in [5.74, 6) is 0.368. The standard InChI is InChI=1S/C16H16N4O2/c1-2-22-16-12(5-3-7-18-16)11-19-15(21)13-6-4-9-20-10-8-17-14(13)20/h3-10H,2,11H2,1H3,(H,19,21). The van der Waals surface area contributed by atoms with Crippen LogP contribution in [-0.2, 0) is 6.54 Å². The average Bonchev–Trinajstić information content (AvgIpc) is 3.02. The minimum atomic E-state index is -0.178. The molecule has 3 heterocycles. The van der Waals surface area contributed by atoms with Crippen molar-refractivity contribution >= 4 is 11.6 Å². The second kappa shape index (κ2) is 6.26. The summed E-state index contributed by atoms with van der Waals surface area (Å²) in [6.45, 7) is 2.78. The van der Waals surface area contributed by atoms with Gasteiger partial charge in [0.15, 0.2) is 0 Å². The summed E-state index contributed by atoms with van der Waals surface area (Å²) in [6.07, 6.45) is 7.00. The first-order chi connectivity index (χ1) is 10.8. The van der Waals surface area contributed by atoms with Crippen molar-refractivity contribution in [2.75, 3.05) is 6.61 Å². The van der Waals surface area contributed by atoms with Crippen LogP contribution in [0.5, 0.6) is 5.88 Å². The van der Waals surface area contributed by atoms with Crippen LogP contribution in [-0.4, -0.2) is 26.9 Å². The van der Waals surface area contributed by atoms with Gasteiger partial charge in [-0.05, 0) is 25.1 Å². The summed E-state index contributed by atoms with van der Waals surface area (Å²) in [7, 11) is 0. The minimum absolute atomic E-state index is 0.178. The van der Waals surface area contributed by atoms with Crippen LogP contribution in [0.3, 0.4) is 0 Å². The molecular weight excluding hydrogens is 280 g/mol. The summed E-state index contributed by atoms with van der Waals surface area (Å²) in [5.41, 5.74) is 2.01. The van der Waals surface area contributed by atoms with Gasteiger partial charge in [0.1, 0.15) is 5.65 Å². The maximum absolute atomic E-state index is 12.4. The van der Waals surface area contributed by atoms with E-state index in [1.165, 1.54) is 0 Å². The Balaban J connectivity index is 1.77. The molecule has 0 radical (unpaired) electrons. The van der Waals surface area contributed by atoms with Crippen molar-refractivity contribution in [3.8, 4) is 5.88 Å². The molecular formula is C16H16N4O2. The Morgan fingerprint density at radius 2 is 2.14 bits per heavy atom. The molecule has 0 fully saturated rings. The predicted molar refractivity (Wildman–Crippen MR) is 81.8 cm³/mol. The summed E-state index contributed by atoms with van der Waals surface area (Å²) in [5, 5.41) is 2.88. The van der Waals surface area contributed by atoms with Gasteiger partial charge < -0.3 is 14.5 Å². The molecule has 6 nitrogen and oxygen atoms in total. The van der Waals surface area contributed by atoms with E-state index >= 15 is 0 Å². The van der Waals surface area contributed by atoms with Gasteiger partial charge >= 0.3 is 0 Å². The van der Waals surface area contributed by atoms with Crippen molar-refractivity contribution in [1.82, 2.24) is 19.7 Å². The topological polar surface area (TPSA) is 68.5 Å². The fourth-order valence-corrected chi connectivity index (χ4v) is 2.22. The molecule has 1 amide bonds. The third-order valence-corrected chi connectivity index (χ3v) is 3.23. The highest BCUT2D eigenvalue weighted by Crippen LogP contribution is 2.14. The number of carbonyl (C=O) groups excluding carboxylic acids is 1. The van der Waals surface area contributed by atoms with Gasteiger partial charge in [-0.2, -0.15) is 0 Å². The van der Waals surface area contributed by atoms with Gasteiger partial charge in [0.05, 0.1) is 12.2 Å². The predicted octanol–water partition coefficient (Wildman–Crippen LogP) is 2.06. The van der Waals surface area contributed by atoms with Crippen LogP contribution >= 0.6 is 0 Å². The maximum Gasteiger partial charge on any atom is 0.255 e. The van der Waals surface area contributed by atoms with Crippen LogP contribution < -0.4 is 10.1 Å². The number of hydrogen-bond acceptors (Lipinski definition) is 4. The molecule has 0 unspecified atom stereocenters. The van der Waals surface area contributed by atoms with E-state index in [1.54, 1.807) is 24.7 Å². The van der Waals surface area contributed by atoms with Crippen LogP contribution in [0, 0.1) is 0 Å². The number of rotatable bonds is 5. The number of hydrogen-bond donors (Lipinski definition) is 1. The average molecular weight is 296 g/mol. The zero-order valence-corrected chi connectivity index (χ0v) is 12.2. The van der Waals surface area contributed by atoms with Crippen LogP contribution in [0.15, 0.2) is 49.1 Å². The van der Waals surface area contributed by atoms with Gasteiger partial charge in [-0.1, -0.05) is 6.07 Å². The number of nitrogens with zero attached hydrogens (tertiary/aromatic N) is 3. The number of aromatic nitrogens is 3. The van der Waals surface area contributed by atoms with E-state index < -0.39 is 0 Å². The lowest BCUT2D eigenvalue weighted by Gasteiger charge is -2.10. The van der Waals surface area contributed by atoms with Gasteiger partial charge in [0, 0.05) is 36.9 Å². The first kappa shape index (κ1) is 14.1. The van der Waals surface area contributed by atoms with Gasteiger partial charge in [0.2, 0.25) is 5.88 Å². The zero-order valence-electron chi connectivity index (χ0n) is 12.2. The van der Waals surface area contributed by atoms with E-state index in [0.717, 1.165) is 5.56 Å². The van der Waals surface area contributed by atoms with Crippen molar-refractivity contribution in [2.24, 2.45) is 0 Å². The van der Waals surface area contributed by atoms with E-state index in [4.69, 9.17) is 4.74 Å². The number of ether oxygens (including phenoxy) is 1. The second-order valence-electron chi connectivity index (χ2n) is 4.66. The first-order valence-electron chi connectivity index (χ1n) is 7.06. The molecule has 22 heavy (non-hydrogen) atoms. The van der Waals surface area contributed by atoms with Crippen LogP contribution in [0.2, 0.25) is 0 Å². The molecule has 0 bridgehead atoms. The Kier molecular flexibility index (Phi) is 4.00. The summed E-state index contributed by atoms with van der Waals surface area (Å²) in [4.78, 5) is 20.8. The normalized spacial score (nSPS) is 10.6. The quantitative estimate of drug-likeness (QED) is 0.782. The Morgan fingerprint density at radius 1 is 1.23 bits per heavy atom. The SMILES string of the molecule is CCOc1ncccc1CNC(=O)c1cccn2ccnc12. The molecule has 112 valence electrons. The van der Waals surface area contributed by atoms with Crippen molar-refractivity contribution in [2.45, 2.75) is 13.5 Å². The summed E-state index contributed by atoms with van der Waals surface area (Å²) < 4.78 is 7.26. The highest BCUT2D eigenvalue weighted by atomic mass is 16.5. The van der Waals surface area contributed by atoms with Crippen molar-refractivity contribution in [3.05, 3.63) is 60.2 Å². The number of carbonyl (C=O) groups is 1. The molecule has 0 saturated heterocycles. The summed E-state index contributed by atoms with van der Waals surface area (Å²) in [6, 6.07) is 7.28. The number of amides is 1. The number of pyridine rings is 2. The van der Waals surface area contributed by atoms with E-state index in [2.05, 4.69) is 15.3 Å². The lowest BCUT2D eigenvalue weighted by atomic mass is 10.2. The maximum atomic E-state index is 12.4. The molecule has 3 aromatic heterocycles. The smallest absolute Gasteiger partial charge is 0.255 e. The van der Waals surface area contributed by atoms with E-state index in [9.17, 15) is 4.79 Å². The molecule has 0 atom stereocenters. The number of fused-ring (bicyclic) bond motifs is 1. The van der Waals surface area contributed by atoms with Crippen LogP contribution in [0.25, 0.3) is 5.65 Å². The zero-order chi connectivity index (χ0) is 15.4. The minimum Gasteiger partial charge on any atom is -0.478 e. The van der Waals surface area contributed by atoms with Crippen LogP contribution in [0.4, 0.5) is 0 Å². The molecule has 3 rings (SSSR count). The van der Waals surface area contributed by atoms with Gasteiger partial charge in [-0.25, -0.2) is 9.97 Å². The Morgan fingerprint density at radius 3 is 3.00 bits per heavy atom. The van der Waals surface area contributed by atoms with Crippen molar-refractivity contribution in [3.63, 3.8) is 0 Å². The molecule has 1 N–H and O–H groups in total. The highest BCUT2D eigenvalue weighted by molar-refractivity contribution is 5.99. The Labute approximate surface area is 127 Å². The molecule has 0 saturated carbocycles. The lowest BCUT2D eigenvalue weighted by Crippen LogP contribution is -2.24. The second-order valence-corrected chi connectivity index (χ2v) is 4.66. The van der Waals surface area contributed by atoms with Gasteiger partial charge in [0.25, 0.3) is 5.91 Å². The van der Waals surface area contributed by atoms with Crippen molar-refractivity contribution < 1.29 is 9.53 Å². The van der Waals surface area contributed by atoms with Gasteiger partial charge in [-0.3, -0.25) is 4.79 Å². The van der Waals surface area contributed by atoms with E-state index in [1.807, 2.05) is 35.7 Å². The summed E-state index contributed by atoms with van der Waals surface area (Å²) >= 11 is 0. The molecule has 6 heteroatoms. The van der Waals surface area contributed by atoms with Crippen molar-refractivity contribution in [1.29, 1.82) is 0 Å². The number of nitrogens with one attached hydrogen (secondary N) is 1. The van der Waals surface area contributed by atoms with E-state index in [-0.39, 0.29) is 5.91 Å². The Bertz CT molecular complexity index is 797. The monoisotopic (exact) mass is 296 g/mol. The Hall–Kier alpha value is -2.89. The van der Waals surface area contributed by atoms with Crippen LogP contribution in [0.1, 0.15) is 22.8 Å². The number of imidazole rings is 1. The molecule has 0 aliphatic rings. The lowest BCUT2D eigenvalue weighted by molar-refractivity contribution is 0.0951. The fourth-order valence-electron chi connectivity index (χ4n) is 2.22. The van der Waals surface area contributed by atoms with E-state index in [0.29, 0.717) is 30.2 Å². The molecule has 0 spiro atoms. The molecule has 0 aliphatic heterocycles. The highest BCUT2D eigenvalue weighted by Gasteiger charge is 2.12. The third-order valence-electron chi connectivity index (χ3n) is 3.23. The van der Waals surface area contributed by atoms with Gasteiger partial charge in [-0.15, -0.1) is 0 Å². The molecule has 0 aromatic carbocycles. The largest absolute Gasteiger partial charge is 0.478 e. The molecule has 3 aromatic rings. The first-order valence-corrected chi connectivity index (χ1v) is 7.06. The third kappa shape index (κ3) is 2.76. The molecule has 0 aliphatic carbocycles.